The van der Waals surface area contributed by atoms with Crippen molar-refractivity contribution in [3.63, 3.8) is 0 Å². The van der Waals surface area contributed by atoms with Crippen molar-refractivity contribution < 1.29 is 14.7 Å². The van der Waals surface area contributed by atoms with Crippen LogP contribution in [0.2, 0.25) is 0 Å². The lowest BCUT2D eigenvalue weighted by molar-refractivity contribution is -0.133. The van der Waals surface area contributed by atoms with E-state index in [4.69, 9.17) is 5.11 Å². The van der Waals surface area contributed by atoms with Crippen LogP contribution in [0, 0.1) is 5.92 Å². The maximum atomic E-state index is 11.4. The third-order valence-corrected chi connectivity index (χ3v) is 2.53. The van der Waals surface area contributed by atoms with Crippen molar-refractivity contribution in [3.8, 4) is 0 Å². The molecule has 0 saturated heterocycles. The Labute approximate surface area is 88.8 Å². The second-order valence-corrected chi connectivity index (χ2v) is 3.84. The Morgan fingerprint density at radius 1 is 1.60 bits per heavy atom. The minimum atomic E-state index is -1.03. The van der Waals surface area contributed by atoms with Gasteiger partial charge in [0.15, 0.2) is 0 Å². The molecule has 5 nitrogen and oxygen atoms in total. The van der Waals surface area contributed by atoms with Gasteiger partial charge in [-0.1, -0.05) is 20.3 Å². The fourth-order valence-electron chi connectivity index (χ4n) is 1.32. The zero-order valence-corrected chi connectivity index (χ0v) is 9.06. The quantitative estimate of drug-likeness (QED) is 0.758. The summed E-state index contributed by atoms with van der Waals surface area (Å²) >= 11 is 0. The molecule has 1 rings (SSSR count). The van der Waals surface area contributed by atoms with E-state index in [1.807, 2.05) is 13.8 Å². The molecular weight excluding hydrogens is 196 g/mol. The summed E-state index contributed by atoms with van der Waals surface area (Å²) < 4.78 is 0. The average molecular weight is 212 g/mol. The van der Waals surface area contributed by atoms with Crippen LogP contribution >= 0.6 is 0 Å². The molecule has 1 N–H and O–H groups in total. The number of amides is 1. The number of hydrazone groups is 1. The first-order valence-corrected chi connectivity index (χ1v) is 5.15. The van der Waals surface area contributed by atoms with Gasteiger partial charge in [0.05, 0.1) is 0 Å². The Hall–Kier alpha value is -1.39. The summed E-state index contributed by atoms with van der Waals surface area (Å²) in [5, 5.41) is 13.9. The lowest BCUT2D eigenvalue weighted by Gasteiger charge is -2.24. The Morgan fingerprint density at radius 3 is 2.80 bits per heavy atom. The fourth-order valence-corrected chi connectivity index (χ4v) is 1.32. The Kier molecular flexibility index (Phi) is 3.82. The molecule has 1 atom stereocenters. The third-order valence-electron chi connectivity index (χ3n) is 2.53. The number of hydrogen-bond donors (Lipinski definition) is 1. The first kappa shape index (κ1) is 11.7. The second kappa shape index (κ2) is 4.91. The monoisotopic (exact) mass is 212 g/mol. The van der Waals surface area contributed by atoms with Crippen LogP contribution < -0.4 is 0 Å². The van der Waals surface area contributed by atoms with Crippen molar-refractivity contribution in [2.75, 3.05) is 6.54 Å². The van der Waals surface area contributed by atoms with Crippen LogP contribution in [0.15, 0.2) is 5.10 Å². The molecule has 0 aliphatic carbocycles. The molecule has 15 heavy (non-hydrogen) atoms. The average Bonchev–Trinajstić information content (AvgIpc) is 2.20. The van der Waals surface area contributed by atoms with Gasteiger partial charge in [0.1, 0.15) is 5.71 Å². The molecule has 84 valence electrons. The predicted octanol–water partition coefficient (Wildman–Crippen LogP) is 1.10. The first-order valence-electron chi connectivity index (χ1n) is 5.15. The fraction of sp³-hybridized carbons (Fsp3) is 0.700. The lowest BCUT2D eigenvalue weighted by Crippen LogP contribution is -2.36. The van der Waals surface area contributed by atoms with Gasteiger partial charge in [0.25, 0.3) is 0 Å². The molecule has 1 amide bonds. The van der Waals surface area contributed by atoms with Crippen molar-refractivity contribution in [2.45, 2.75) is 33.1 Å². The highest BCUT2D eigenvalue weighted by Gasteiger charge is 2.24. The minimum absolute atomic E-state index is 0.0814. The lowest BCUT2D eigenvalue weighted by atomic mass is 10.1. The van der Waals surface area contributed by atoms with E-state index in [9.17, 15) is 9.59 Å². The molecule has 0 aromatic carbocycles. The van der Waals surface area contributed by atoms with Crippen LogP contribution in [0.1, 0.15) is 33.1 Å². The van der Waals surface area contributed by atoms with Crippen LogP contribution in [0.5, 0.6) is 0 Å². The van der Waals surface area contributed by atoms with Gasteiger partial charge in [-0.05, 0) is 5.92 Å². The molecule has 1 unspecified atom stereocenters. The highest BCUT2D eigenvalue weighted by Crippen LogP contribution is 2.13. The normalized spacial score (nSPS) is 18.7. The smallest absolute Gasteiger partial charge is 0.352 e. The minimum Gasteiger partial charge on any atom is -0.477 e. The highest BCUT2D eigenvalue weighted by molar-refractivity contribution is 6.36. The maximum absolute atomic E-state index is 11.4. The van der Waals surface area contributed by atoms with E-state index in [-0.39, 0.29) is 24.5 Å². The van der Waals surface area contributed by atoms with Crippen molar-refractivity contribution in [3.05, 3.63) is 0 Å². The van der Waals surface area contributed by atoms with Crippen molar-refractivity contribution in [1.29, 1.82) is 0 Å². The van der Waals surface area contributed by atoms with Gasteiger partial charge in [-0.15, -0.1) is 0 Å². The maximum Gasteiger partial charge on any atom is 0.352 e. The summed E-state index contributed by atoms with van der Waals surface area (Å²) in [4.78, 5) is 22.1. The SMILES string of the molecule is CCC(C)CN1N=C(C(=O)O)CCC1=O. The summed E-state index contributed by atoms with van der Waals surface area (Å²) in [6.07, 6.45) is 1.44. The van der Waals surface area contributed by atoms with Crippen LogP contribution in [0.25, 0.3) is 0 Å². The van der Waals surface area contributed by atoms with E-state index in [1.165, 1.54) is 5.01 Å². The van der Waals surface area contributed by atoms with Gasteiger partial charge in [-0.25, -0.2) is 9.80 Å². The van der Waals surface area contributed by atoms with E-state index in [2.05, 4.69) is 5.10 Å². The van der Waals surface area contributed by atoms with Crippen molar-refractivity contribution in [2.24, 2.45) is 11.0 Å². The van der Waals surface area contributed by atoms with Gasteiger partial charge in [-0.2, -0.15) is 5.10 Å². The Balaban J connectivity index is 2.72. The first-order chi connectivity index (χ1) is 7.04. The van der Waals surface area contributed by atoms with Crippen LogP contribution in [0.3, 0.4) is 0 Å². The number of rotatable bonds is 4. The van der Waals surface area contributed by atoms with Gasteiger partial charge >= 0.3 is 5.97 Å². The molecule has 1 heterocycles. The summed E-state index contributed by atoms with van der Waals surface area (Å²) in [5.41, 5.74) is 0.0814. The molecule has 5 heteroatoms. The second-order valence-electron chi connectivity index (χ2n) is 3.84. The number of carboxylic acids is 1. The molecule has 0 fully saturated rings. The molecule has 0 bridgehead atoms. The summed E-state index contributed by atoms with van der Waals surface area (Å²) in [7, 11) is 0. The molecule has 1 aliphatic rings. The van der Waals surface area contributed by atoms with Gasteiger partial charge < -0.3 is 5.11 Å². The van der Waals surface area contributed by atoms with E-state index >= 15 is 0 Å². The molecule has 0 aromatic heterocycles. The molecule has 0 spiro atoms. The number of carboxylic acid groups (broad SMARTS) is 1. The molecule has 0 aromatic rings. The molecule has 0 saturated carbocycles. The van der Waals surface area contributed by atoms with Crippen LogP contribution in [-0.4, -0.2) is 34.2 Å². The summed E-state index contributed by atoms with van der Waals surface area (Å²) in [6.45, 7) is 4.55. The number of carbonyl (C=O) groups excluding carboxylic acids is 1. The predicted molar refractivity (Wildman–Crippen MR) is 55.5 cm³/mol. The summed E-state index contributed by atoms with van der Waals surface area (Å²) in [6, 6.07) is 0. The van der Waals surface area contributed by atoms with E-state index in [0.29, 0.717) is 12.5 Å². The summed E-state index contributed by atoms with van der Waals surface area (Å²) in [5.74, 6) is -0.775. The van der Waals surface area contributed by atoms with Gasteiger partial charge in [-0.3, -0.25) is 4.79 Å². The number of nitrogens with zero attached hydrogens (tertiary/aromatic N) is 2. The number of aliphatic carboxylic acids is 1. The molecular formula is C10H16N2O3. The van der Waals surface area contributed by atoms with Crippen LogP contribution in [0.4, 0.5) is 0 Å². The zero-order valence-electron chi connectivity index (χ0n) is 9.06. The highest BCUT2D eigenvalue weighted by atomic mass is 16.4. The standard InChI is InChI=1S/C10H16N2O3/c1-3-7(2)6-12-9(13)5-4-8(11-12)10(14)15/h7H,3-6H2,1-2H3,(H,14,15). The van der Waals surface area contributed by atoms with Gasteiger partial charge in [0.2, 0.25) is 5.91 Å². The van der Waals surface area contributed by atoms with E-state index in [0.717, 1.165) is 6.42 Å². The Morgan fingerprint density at radius 2 is 2.27 bits per heavy atom. The van der Waals surface area contributed by atoms with Crippen molar-refractivity contribution >= 4 is 17.6 Å². The molecule has 0 radical (unpaired) electrons. The topological polar surface area (TPSA) is 70.0 Å². The van der Waals surface area contributed by atoms with Gasteiger partial charge in [0, 0.05) is 19.4 Å². The largest absolute Gasteiger partial charge is 0.477 e. The van der Waals surface area contributed by atoms with E-state index in [1.54, 1.807) is 0 Å². The van der Waals surface area contributed by atoms with Crippen LogP contribution in [-0.2, 0) is 9.59 Å². The number of hydrogen-bond acceptors (Lipinski definition) is 3. The van der Waals surface area contributed by atoms with E-state index < -0.39 is 5.97 Å². The Bertz CT molecular complexity index is 299. The van der Waals surface area contributed by atoms with Crippen molar-refractivity contribution in [1.82, 2.24) is 5.01 Å². The number of carbonyl (C=O) groups is 2. The zero-order chi connectivity index (χ0) is 11.4. The molecule has 1 aliphatic heterocycles. The third kappa shape index (κ3) is 3.04.